The lowest BCUT2D eigenvalue weighted by Gasteiger charge is -2.18. The first-order chi connectivity index (χ1) is 8.71. The van der Waals surface area contributed by atoms with Gasteiger partial charge < -0.3 is 10.0 Å². The number of carboxylic acids is 1. The highest BCUT2D eigenvalue weighted by atomic mass is 19.4. The van der Waals surface area contributed by atoms with Crippen LogP contribution in [-0.4, -0.2) is 30.2 Å². The van der Waals surface area contributed by atoms with Gasteiger partial charge in [0.25, 0.3) is 0 Å². The number of pyridine rings is 1. The van der Waals surface area contributed by atoms with Gasteiger partial charge in [0.15, 0.2) is 0 Å². The molecule has 0 bridgehead atoms. The molecule has 104 valence electrons. The minimum atomic E-state index is -4.50. The van der Waals surface area contributed by atoms with Crippen LogP contribution in [0.3, 0.4) is 0 Å². The lowest BCUT2D eigenvalue weighted by Crippen LogP contribution is -2.17. The fourth-order valence-corrected chi connectivity index (χ4v) is 2.08. The molecule has 19 heavy (non-hydrogen) atoms. The second-order valence-corrected chi connectivity index (χ2v) is 4.79. The Morgan fingerprint density at radius 1 is 1.42 bits per heavy atom. The Hall–Kier alpha value is -1.79. The third-order valence-corrected chi connectivity index (χ3v) is 3.13. The zero-order valence-electron chi connectivity index (χ0n) is 10.4. The van der Waals surface area contributed by atoms with Crippen molar-refractivity contribution in [2.45, 2.75) is 18.5 Å². The molecular formula is C12H13F3N2O2. The number of alkyl halides is 3. The minimum Gasteiger partial charge on any atom is -0.481 e. The second kappa shape index (κ2) is 4.40. The summed E-state index contributed by atoms with van der Waals surface area (Å²) in [5.41, 5.74) is -0.405. The van der Waals surface area contributed by atoms with Crippen molar-refractivity contribution in [1.82, 2.24) is 4.98 Å². The Labute approximate surface area is 107 Å². The van der Waals surface area contributed by atoms with Crippen LogP contribution in [0.5, 0.6) is 0 Å². The van der Waals surface area contributed by atoms with Crippen LogP contribution in [0, 0.1) is 5.92 Å². The SMILES string of the molecule is CN(C)c1nc(C(F)(F)F)ccc1C1CC1C(=O)O. The summed E-state index contributed by atoms with van der Waals surface area (Å²) in [6.07, 6.45) is -4.05. The third-order valence-electron chi connectivity index (χ3n) is 3.13. The van der Waals surface area contributed by atoms with E-state index in [0.29, 0.717) is 12.0 Å². The first kappa shape index (κ1) is 13.6. The van der Waals surface area contributed by atoms with E-state index in [2.05, 4.69) is 4.98 Å². The maximum absolute atomic E-state index is 12.6. The zero-order chi connectivity index (χ0) is 14.4. The molecule has 1 aliphatic carbocycles. The van der Waals surface area contributed by atoms with Gasteiger partial charge in [-0.15, -0.1) is 0 Å². The van der Waals surface area contributed by atoms with Gasteiger partial charge in [-0.25, -0.2) is 4.98 Å². The van der Waals surface area contributed by atoms with Crippen molar-refractivity contribution in [3.05, 3.63) is 23.4 Å². The van der Waals surface area contributed by atoms with Crippen molar-refractivity contribution in [2.75, 3.05) is 19.0 Å². The van der Waals surface area contributed by atoms with Crippen LogP contribution in [0.1, 0.15) is 23.6 Å². The van der Waals surface area contributed by atoms with Gasteiger partial charge in [0, 0.05) is 20.0 Å². The second-order valence-electron chi connectivity index (χ2n) is 4.79. The maximum atomic E-state index is 12.6. The van der Waals surface area contributed by atoms with E-state index in [4.69, 9.17) is 5.11 Å². The van der Waals surface area contributed by atoms with E-state index >= 15 is 0 Å². The summed E-state index contributed by atoms with van der Waals surface area (Å²) in [6, 6.07) is 2.23. The quantitative estimate of drug-likeness (QED) is 0.919. The van der Waals surface area contributed by atoms with Crippen molar-refractivity contribution < 1.29 is 23.1 Å². The summed E-state index contributed by atoms with van der Waals surface area (Å²) in [5, 5.41) is 8.88. The van der Waals surface area contributed by atoms with E-state index < -0.39 is 23.8 Å². The van der Waals surface area contributed by atoms with E-state index in [1.165, 1.54) is 11.0 Å². The molecule has 1 aromatic heterocycles. The Morgan fingerprint density at radius 3 is 2.47 bits per heavy atom. The third kappa shape index (κ3) is 2.64. The molecule has 1 N–H and O–H groups in total. The molecule has 7 heteroatoms. The molecule has 0 radical (unpaired) electrons. The van der Waals surface area contributed by atoms with Gasteiger partial charge in [-0.3, -0.25) is 4.79 Å². The fourth-order valence-electron chi connectivity index (χ4n) is 2.08. The number of carboxylic acid groups (broad SMARTS) is 1. The average Bonchev–Trinajstić information content (AvgIpc) is 3.06. The topological polar surface area (TPSA) is 53.4 Å². The minimum absolute atomic E-state index is 0.184. The Morgan fingerprint density at radius 2 is 2.05 bits per heavy atom. The molecule has 1 saturated carbocycles. The Balaban J connectivity index is 2.38. The first-order valence-corrected chi connectivity index (χ1v) is 5.70. The zero-order valence-corrected chi connectivity index (χ0v) is 10.4. The average molecular weight is 274 g/mol. The number of halogens is 3. The number of anilines is 1. The van der Waals surface area contributed by atoms with Crippen LogP contribution in [0.25, 0.3) is 0 Å². The van der Waals surface area contributed by atoms with Crippen LogP contribution in [0.4, 0.5) is 19.0 Å². The van der Waals surface area contributed by atoms with E-state index in [1.54, 1.807) is 14.1 Å². The molecule has 0 aromatic carbocycles. The molecule has 0 aliphatic heterocycles. The molecule has 2 unspecified atom stereocenters. The Bertz CT molecular complexity index is 514. The summed E-state index contributed by atoms with van der Waals surface area (Å²) in [7, 11) is 3.17. The monoisotopic (exact) mass is 274 g/mol. The molecule has 1 aliphatic rings. The van der Waals surface area contributed by atoms with Gasteiger partial charge >= 0.3 is 12.1 Å². The van der Waals surface area contributed by atoms with Crippen molar-refractivity contribution in [3.63, 3.8) is 0 Å². The molecule has 0 spiro atoms. The van der Waals surface area contributed by atoms with Gasteiger partial charge in [-0.1, -0.05) is 6.07 Å². The highest BCUT2D eigenvalue weighted by Gasteiger charge is 2.46. The fraction of sp³-hybridized carbons (Fsp3) is 0.500. The molecule has 0 saturated heterocycles. The molecule has 0 amide bonds. The number of hydrogen-bond donors (Lipinski definition) is 1. The van der Waals surface area contributed by atoms with Crippen LogP contribution < -0.4 is 4.90 Å². The number of aliphatic carboxylic acids is 1. The number of hydrogen-bond acceptors (Lipinski definition) is 3. The van der Waals surface area contributed by atoms with Gasteiger partial charge in [-0.05, 0) is 18.1 Å². The standard InChI is InChI=1S/C12H13F3N2O2/c1-17(2)10-6(7-5-8(7)11(18)19)3-4-9(16-10)12(13,14)15/h3-4,7-8H,5H2,1-2H3,(H,18,19). The van der Waals surface area contributed by atoms with Crippen molar-refractivity contribution in [3.8, 4) is 0 Å². The van der Waals surface area contributed by atoms with Crippen molar-refractivity contribution in [1.29, 1.82) is 0 Å². The molecule has 2 atom stereocenters. The number of rotatable bonds is 3. The van der Waals surface area contributed by atoms with E-state index in [9.17, 15) is 18.0 Å². The first-order valence-electron chi connectivity index (χ1n) is 5.70. The number of aromatic nitrogens is 1. The molecule has 4 nitrogen and oxygen atoms in total. The largest absolute Gasteiger partial charge is 0.481 e. The van der Waals surface area contributed by atoms with Crippen molar-refractivity contribution in [2.24, 2.45) is 5.92 Å². The van der Waals surface area contributed by atoms with E-state index in [0.717, 1.165) is 6.07 Å². The summed E-state index contributed by atoms with van der Waals surface area (Å²) < 4.78 is 37.8. The van der Waals surface area contributed by atoms with Gasteiger partial charge in [0.05, 0.1) is 5.92 Å². The highest BCUT2D eigenvalue weighted by molar-refractivity contribution is 5.76. The molecule has 2 rings (SSSR count). The predicted molar refractivity (Wildman–Crippen MR) is 62.0 cm³/mol. The van der Waals surface area contributed by atoms with Crippen LogP contribution in [0.2, 0.25) is 0 Å². The lowest BCUT2D eigenvalue weighted by molar-refractivity contribution is -0.141. The lowest BCUT2D eigenvalue weighted by atomic mass is 10.1. The van der Waals surface area contributed by atoms with E-state index in [1.807, 2.05) is 0 Å². The van der Waals surface area contributed by atoms with E-state index in [-0.39, 0.29) is 11.7 Å². The summed E-state index contributed by atoms with van der Waals surface area (Å²) >= 11 is 0. The van der Waals surface area contributed by atoms with Gasteiger partial charge in [0.2, 0.25) is 0 Å². The van der Waals surface area contributed by atoms with Crippen LogP contribution >= 0.6 is 0 Å². The van der Waals surface area contributed by atoms with Gasteiger partial charge in [0.1, 0.15) is 11.5 Å². The normalized spacial score (nSPS) is 22.2. The summed E-state index contributed by atoms with van der Waals surface area (Å²) in [6.45, 7) is 0. The molecule has 1 fully saturated rings. The van der Waals surface area contributed by atoms with Crippen LogP contribution in [0.15, 0.2) is 12.1 Å². The van der Waals surface area contributed by atoms with Crippen LogP contribution in [-0.2, 0) is 11.0 Å². The van der Waals surface area contributed by atoms with Gasteiger partial charge in [-0.2, -0.15) is 13.2 Å². The molecule has 1 heterocycles. The summed E-state index contributed by atoms with van der Waals surface area (Å²) in [5.74, 6) is -1.50. The summed E-state index contributed by atoms with van der Waals surface area (Å²) in [4.78, 5) is 15.9. The smallest absolute Gasteiger partial charge is 0.433 e. The Kier molecular flexibility index (Phi) is 3.15. The highest BCUT2D eigenvalue weighted by Crippen LogP contribution is 2.50. The molecular weight excluding hydrogens is 261 g/mol. The maximum Gasteiger partial charge on any atom is 0.433 e. The molecule has 1 aromatic rings. The van der Waals surface area contributed by atoms with Crippen molar-refractivity contribution >= 4 is 11.8 Å². The number of nitrogens with zero attached hydrogens (tertiary/aromatic N) is 2. The number of carbonyl (C=O) groups is 1. The predicted octanol–water partition coefficient (Wildman–Crippen LogP) is 2.35.